The first-order valence-corrected chi connectivity index (χ1v) is 12.7. The first-order valence-electron chi connectivity index (χ1n) is 12.4. The van der Waals surface area contributed by atoms with Gasteiger partial charge in [0, 0.05) is 23.8 Å². The molecule has 4 unspecified atom stereocenters. The Morgan fingerprint density at radius 2 is 1.91 bits per heavy atom. The molecule has 1 aromatic carbocycles. The van der Waals surface area contributed by atoms with Crippen LogP contribution in [-0.4, -0.2) is 54.3 Å². The number of carbonyl (C=O) groups excluding carboxylic acids is 2. The van der Waals surface area contributed by atoms with Crippen LogP contribution in [0.1, 0.15) is 67.4 Å². The average molecular weight is 492 g/mol. The zero-order chi connectivity index (χ0) is 25.8. The number of ketones is 1. The van der Waals surface area contributed by atoms with Crippen molar-refractivity contribution in [2.45, 2.75) is 86.4 Å². The van der Waals surface area contributed by atoms with E-state index in [4.69, 9.17) is 21.3 Å². The first kappa shape index (κ1) is 28.3. The topological polar surface area (TPSA) is 71.0 Å². The first-order chi connectivity index (χ1) is 15.8. The third kappa shape index (κ3) is 6.39. The second-order valence-corrected chi connectivity index (χ2v) is 11.0. The normalized spacial score (nSPS) is 22.3. The van der Waals surface area contributed by atoms with E-state index in [2.05, 4.69) is 12.2 Å². The lowest BCUT2D eigenvalue weighted by molar-refractivity contribution is -0.143. The highest BCUT2D eigenvalue weighted by molar-refractivity contribution is 6.30. The number of aryl methyl sites for hydroxylation is 1. The summed E-state index contributed by atoms with van der Waals surface area (Å²) in [5.41, 5.74) is 1.57. The number of aliphatic imine (C=N–C) groups is 1. The Balaban J connectivity index is 2.40. The van der Waals surface area contributed by atoms with Crippen LogP contribution in [0.2, 0.25) is 5.02 Å². The van der Waals surface area contributed by atoms with Crippen LogP contribution in [0.4, 0.5) is 5.69 Å². The fourth-order valence-electron chi connectivity index (χ4n) is 4.87. The molecule has 0 bridgehead atoms. The summed E-state index contributed by atoms with van der Waals surface area (Å²) < 4.78 is 6.34. The molecular weight excluding hydrogens is 450 g/mol. The molecule has 0 aromatic heterocycles. The van der Waals surface area contributed by atoms with Gasteiger partial charge in [-0.15, -0.1) is 0 Å². The smallest absolute Gasteiger partial charge is 0.240 e. The molecule has 34 heavy (non-hydrogen) atoms. The summed E-state index contributed by atoms with van der Waals surface area (Å²) in [6.07, 6.45) is 1.24. The Kier molecular flexibility index (Phi) is 9.72. The van der Waals surface area contributed by atoms with Gasteiger partial charge in [-0.05, 0) is 43.0 Å². The van der Waals surface area contributed by atoms with Crippen molar-refractivity contribution in [1.29, 1.82) is 0 Å². The van der Waals surface area contributed by atoms with Crippen LogP contribution in [-0.2, 0) is 20.7 Å². The van der Waals surface area contributed by atoms with Crippen molar-refractivity contribution in [2.75, 3.05) is 13.6 Å². The predicted octanol–water partition coefficient (Wildman–Crippen LogP) is 5.43. The maximum atomic E-state index is 13.7. The van der Waals surface area contributed by atoms with Crippen LogP contribution in [0, 0.1) is 17.3 Å². The molecular formula is C27H42ClN3O3. The van der Waals surface area contributed by atoms with E-state index >= 15 is 0 Å². The average Bonchev–Trinajstić information content (AvgIpc) is 3.10. The Morgan fingerprint density at radius 3 is 2.41 bits per heavy atom. The van der Waals surface area contributed by atoms with Crippen molar-refractivity contribution in [3.05, 3.63) is 28.8 Å². The molecule has 2 rings (SSSR count). The summed E-state index contributed by atoms with van der Waals surface area (Å²) in [6, 6.07) is 4.76. The fraction of sp³-hybridized carbons (Fsp3) is 0.667. The quantitative estimate of drug-likeness (QED) is 0.388. The summed E-state index contributed by atoms with van der Waals surface area (Å²) in [7, 11) is 1.79. The van der Waals surface area contributed by atoms with Crippen LogP contribution >= 0.6 is 11.6 Å². The van der Waals surface area contributed by atoms with Gasteiger partial charge in [-0.25, -0.2) is 4.99 Å². The number of Topliss-reactive ketones (excluding diaryl/α,β-unsaturated/α-hetero) is 1. The van der Waals surface area contributed by atoms with E-state index in [0.717, 1.165) is 24.1 Å². The molecule has 4 atom stereocenters. The second kappa shape index (κ2) is 11.7. The number of halogens is 1. The molecule has 1 aromatic rings. The number of nitrogens with zero attached hydrogens (tertiary/aromatic N) is 2. The van der Waals surface area contributed by atoms with Crippen LogP contribution in [0.15, 0.2) is 23.2 Å². The number of likely N-dealkylation sites (tertiary alicyclic amines) is 1. The standard InChI is InChI=1S/C27H42ClN3O3/c1-10-18-12-13-19(28)14-21(18)30-17(5)34-22-15-31(26(33)25(29-9)27(6,7)8)23(20(22)11-2)24(32)16(3)4/h12-14,16,20,22-23,25,29H,10-11,15H2,1-9H3. The maximum absolute atomic E-state index is 13.7. The lowest BCUT2D eigenvalue weighted by Crippen LogP contribution is -2.55. The van der Waals surface area contributed by atoms with E-state index in [9.17, 15) is 9.59 Å². The highest BCUT2D eigenvalue weighted by Crippen LogP contribution is 2.35. The molecule has 0 radical (unpaired) electrons. The molecule has 190 valence electrons. The second-order valence-electron chi connectivity index (χ2n) is 10.6. The number of nitrogens with one attached hydrogen (secondary N) is 1. The zero-order valence-electron chi connectivity index (χ0n) is 22.2. The zero-order valence-corrected chi connectivity index (χ0v) is 23.0. The number of amides is 1. The van der Waals surface area contributed by atoms with Gasteiger partial charge < -0.3 is 15.0 Å². The molecule has 0 spiro atoms. The molecule has 0 aliphatic carbocycles. The lowest BCUT2D eigenvalue weighted by Gasteiger charge is -2.35. The number of rotatable bonds is 8. The minimum Gasteiger partial charge on any atom is -0.475 e. The highest BCUT2D eigenvalue weighted by Gasteiger charge is 2.50. The molecule has 6 nitrogen and oxygen atoms in total. The van der Waals surface area contributed by atoms with Crippen LogP contribution in [0.25, 0.3) is 0 Å². The SMILES string of the molecule is CCc1ccc(Cl)cc1N=C(C)OC1CN(C(=O)C(NC)C(C)(C)C)C(C(=O)C(C)C)C1CC. The van der Waals surface area contributed by atoms with E-state index in [1.54, 1.807) is 11.9 Å². The summed E-state index contributed by atoms with van der Waals surface area (Å²) in [5, 5.41) is 3.79. The van der Waals surface area contributed by atoms with Gasteiger partial charge in [0.1, 0.15) is 6.10 Å². The number of hydrogen-bond donors (Lipinski definition) is 1. The molecule has 1 fully saturated rings. The van der Waals surface area contributed by atoms with Gasteiger partial charge in [0.05, 0.1) is 24.3 Å². The largest absolute Gasteiger partial charge is 0.475 e. The van der Waals surface area contributed by atoms with Crippen molar-refractivity contribution in [3.63, 3.8) is 0 Å². The Hall–Kier alpha value is -1.92. The number of ether oxygens (including phenoxy) is 1. The van der Waals surface area contributed by atoms with Gasteiger partial charge >= 0.3 is 0 Å². The van der Waals surface area contributed by atoms with Crippen molar-refractivity contribution >= 4 is 34.9 Å². The van der Waals surface area contributed by atoms with Gasteiger partial charge in [0.15, 0.2) is 11.7 Å². The lowest BCUT2D eigenvalue weighted by atomic mass is 9.84. The van der Waals surface area contributed by atoms with E-state index in [0.29, 0.717) is 17.5 Å². The Morgan fingerprint density at radius 1 is 1.26 bits per heavy atom. The predicted molar refractivity (Wildman–Crippen MR) is 140 cm³/mol. The molecule has 1 aliphatic rings. The van der Waals surface area contributed by atoms with E-state index in [1.807, 2.05) is 66.7 Å². The molecule has 1 heterocycles. The van der Waals surface area contributed by atoms with E-state index in [1.165, 1.54) is 0 Å². The van der Waals surface area contributed by atoms with Crippen LogP contribution < -0.4 is 5.32 Å². The molecule has 0 saturated carbocycles. The van der Waals surface area contributed by atoms with E-state index < -0.39 is 12.1 Å². The summed E-state index contributed by atoms with van der Waals surface area (Å²) in [6.45, 7) is 16.2. The summed E-state index contributed by atoms with van der Waals surface area (Å²) in [4.78, 5) is 33.4. The van der Waals surface area contributed by atoms with Crippen molar-refractivity contribution in [2.24, 2.45) is 22.2 Å². The van der Waals surface area contributed by atoms with Crippen LogP contribution in [0.3, 0.4) is 0 Å². The van der Waals surface area contributed by atoms with Gasteiger partial charge in [-0.2, -0.15) is 0 Å². The third-order valence-corrected chi connectivity index (χ3v) is 6.88. The minimum atomic E-state index is -0.508. The summed E-state index contributed by atoms with van der Waals surface area (Å²) in [5.74, 6) is 0.242. The van der Waals surface area contributed by atoms with Gasteiger partial charge in [-0.1, -0.05) is 66.1 Å². The third-order valence-electron chi connectivity index (χ3n) is 6.64. The molecule has 1 aliphatic heterocycles. The van der Waals surface area contributed by atoms with Crippen molar-refractivity contribution < 1.29 is 14.3 Å². The Bertz CT molecular complexity index is 907. The van der Waals surface area contributed by atoms with Gasteiger partial charge in [0.2, 0.25) is 5.91 Å². The highest BCUT2D eigenvalue weighted by atomic mass is 35.5. The molecule has 1 N–H and O–H groups in total. The number of benzene rings is 1. The van der Waals surface area contributed by atoms with Gasteiger partial charge in [-0.3, -0.25) is 9.59 Å². The van der Waals surface area contributed by atoms with Crippen molar-refractivity contribution in [1.82, 2.24) is 10.2 Å². The Labute approximate surface area is 210 Å². The molecule has 1 saturated heterocycles. The number of hydrogen-bond acceptors (Lipinski definition) is 5. The number of carbonyl (C=O) groups is 2. The number of likely N-dealkylation sites (N-methyl/N-ethyl adjacent to an activating group) is 1. The van der Waals surface area contributed by atoms with Crippen LogP contribution in [0.5, 0.6) is 0 Å². The minimum absolute atomic E-state index is 0.0590. The van der Waals surface area contributed by atoms with Gasteiger partial charge in [0.25, 0.3) is 0 Å². The monoisotopic (exact) mass is 491 g/mol. The molecule has 7 heteroatoms. The molecule has 1 amide bonds. The summed E-state index contributed by atoms with van der Waals surface area (Å²) >= 11 is 6.19. The van der Waals surface area contributed by atoms with E-state index in [-0.39, 0.29) is 35.0 Å². The maximum Gasteiger partial charge on any atom is 0.240 e. The fourth-order valence-corrected chi connectivity index (χ4v) is 5.04. The van der Waals surface area contributed by atoms with Crippen molar-refractivity contribution in [3.8, 4) is 0 Å².